The molecule has 3 rings (SSSR count). The predicted octanol–water partition coefficient (Wildman–Crippen LogP) is 2.11. The maximum Gasteiger partial charge on any atom is 0.270 e. The number of nitrogens with zero attached hydrogens (tertiary/aromatic N) is 2. The summed E-state index contributed by atoms with van der Waals surface area (Å²) in [6, 6.07) is 11.4. The van der Waals surface area contributed by atoms with Gasteiger partial charge in [-0.25, -0.2) is 4.98 Å². The summed E-state index contributed by atoms with van der Waals surface area (Å²) in [4.78, 5) is 31.3. The summed E-state index contributed by atoms with van der Waals surface area (Å²) in [5.74, 6) is -0.282. The fourth-order valence-electron chi connectivity index (χ4n) is 2.62. The van der Waals surface area contributed by atoms with Gasteiger partial charge >= 0.3 is 0 Å². The van der Waals surface area contributed by atoms with Gasteiger partial charge in [0.15, 0.2) is 0 Å². The molecular weight excluding hydrogens is 304 g/mol. The van der Waals surface area contributed by atoms with E-state index < -0.39 is 0 Å². The molecule has 0 saturated carbocycles. The minimum Gasteiger partial charge on any atom is -0.346 e. The van der Waals surface area contributed by atoms with Gasteiger partial charge in [0.25, 0.3) is 11.5 Å². The lowest BCUT2D eigenvalue weighted by molar-refractivity contribution is 0.0944. The van der Waals surface area contributed by atoms with Gasteiger partial charge in [0.2, 0.25) is 0 Å². The standard InChI is InChI=1S/C18H18N4O2/c1-12-8-13(2)21-17(23)15(12)9-20-18(24)16-10-19-11-22(16)14-6-4-3-5-7-14/h3-8,10-11H,9H2,1-2H3,(H,20,24)(H,21,23). The van der Waals surface area contributed by atoms with E-state index in [-0.39, 0.29) is 18.0 Å². The first-order valence-electron chi connectivity index (χ1n) is 7.61. The Balaban J connectivity index is 1.80. The van der Waals surface area contributed by atoms with Crippen LogP contribution in [-0.2, 0) is 6.54 Å². The number of nitrogens with one attached hydrogen (secondary N) is 2. The fraction of sp³-hybridized carbons (Fsp3) is 0.167. The van der Waals surface area contributed by atoms with E-state index in [2.05, 4.69) is 15.3 Å². The fourth-order valence-corrected chi connectivity index (χ4v) is 2.62. The van der Waals surface area contributed by atoms with E-state index in [1.807, 2.05) is 50.2 Å². The van der Waals surface area contributed by atoms with Crippen molar-refractivity contribution in [2.75, 3.05) is 0 Å². The third-order valence-electron chi connectivity index (χ3n) is 3.83. The van der Waals surface area contributed by atoms with E-state index in [4.69, 9.17) is 0 Å². The van der Waals surface area contributed by atoms with Crippen LogP contribution in [0.3, 0.4) is 0 Å². The Morgan fingerprint density at radius 3 is 2.71 bits per heavy atom. The minimum atomic E-state index is -0.282. The zero-order valence-electron chi connectivity index (χ0n) is 13.5. The number of benzene rings is 1. The van der Waals surface area contributed by atoms with Crippen molar-refractivity contribution in [3.63, 3.8) is 0 Å². The Morgan fingerprint density at radius 2 is 2.00 bits per heavy atom. The molecule has 1 aromatic carbocycles. The summed E-state index contributed by atoms with van der Waals surface area (Å²) >= 11 is 0. The highest BCUT2D eigenvalue weighted by Gasteiger charge is 2.14. The zero-order chi connectivity index (χ0) is 17.1. The van der Waals surface area contributed by atoms with E-state index >= 15 is 0 Å². The Bertz CT molecular complexity index is 926. The SMILES string of the molecule is Cc1cc(C)c(CNC(=O)c2cncn2-c2ccccc2)c(=O)[nH]1. The van der Waals surface area contributed by atoms with Crippen molar-refractivity contribution in [3.8, 4) is 5.69 Å². The summed E-state index contributed by atoms with van der Waals surface area (Å²) in [5, 5.41) is 2.79. The number of rotatable bonds is 4. The van der Waals surface area contributed by atoms with Crippen molar-refractivity contribution in [1.82, 2.24) is 19.9 Å². The van der Waals surface area contributed by atoms with Gasteiger partial charge in [-0.1, -0.05) is 18.2 Å². The van der Waals surface area contributed by atoms with Gasteiger partial charge in [-0.05, 0) is 37.6 Å². The van der Waals surface area contributed by atoms with Crippen molar-refractivity contribution in [2.45, 2.75) is 20.4 Å². The number of imidazole rings is 1. The molecule has 0 atom stereocenters. The maximum absolute atomic E-state index is 12.5. The largest absolute Gasteiger partial charge is 0.346 e. The summed E-state index contributed by atoms with van der Waals surface area (Å²) < 4.78 is 1.71. The van der Waals surface area contributed by atoms with Crippen molar-refractivity contribution in [1.29, 1.82) is 0 Å². The molecule has 0 aliphatic heterocycles. The molecule has 0 saturated heterocycles. The number of pyridine rings is 1. The topological polar surface area (TPSA) is 79.8 Å². The molecule has 0 aliphatic rings. The van der Waals surface area contributed by atoms with Crippen LogP contribution in [0.5, 0.6) is 0 Å². The number of amides is 1. The van der Waals surface area contributed by atoms with Crippen LogP contribution in [0.25, 0.3) is 5.69 Å². The van der Waals surface area contributed by atoms with E-state index in [1.54, 1.807) is 10.9 Å². The molecule has 3 aromatic rings. The smallest absolute Gasteiger partial charge is 0.270 e. The Labute approximate surface area is 139 Å². The number of aryl methyl sites for hydroxylation is 2. The average Bonchev–Trinajstić information content (AvgIpc) is 3.04. The molecule has 24 heavy (non-hydrogen) atoms. The molecule has 0 radical (unpaired) electrons. The zero-order valence-corrected chi connectivity index (χ0v) is 13.5. The molecule has 0 unspecified atom stereocenters. The van der Waals surface area contributed by atoms with Gasteiger partial charge in [0.05, 0.1) is 12.5 Å². The highest BCUT2D eigenvalue weighted by atomic mass is 16.2. The van der Waals surface area contributed by atoms with Crippen molar-refractivity contribution < 1.29 is 4.79 Å². The maximum atomic E-state index is 12.5. The number of carbonyl (C=O) groups is 1. The van der Waals surface area contributed by atoms with Gasteiger partial charge in [0.1, 0.15) is 5.69 Å². The number of hydrogen-bond donors (Lipinski definition) is 2. The first kappa shape index (κ1) is 15.7. The predicted molar refractivity (Wildman–Crippen MR) is 91.3 cm³/mol. The molecule has 0 bridgehead atoms. The van der Waals surface area contributed by atoms with Crippen LogP contribution in [0.4, 0.5) is 0 Å². The normalized spacial score (nSPS) is 10.6. The van der Waals surface area contributed by atoms with Crippen LogP contribution in [0.2, 0.25) is 0 Å². The second-order valence-electron chi connectivity index (χ2n) is 5.61. The highest BCUT2D eigenvalue weighted by Crippen LogP contribution is 2.11. The number of aromatic nitrogens is 3. The van der Waals surface area contributed by atoms with E-state index in [0.717, 1.165) is 16.9 Å². The summed E-state index contributed by atoms with van der Waals surface area (Å²) in [6.45, 7) is 3.85. The summed E-state index contributed by atoms with van der Waals surface area (Å²) in [6.07, 6.45) is 3.10. The molecule has 2 aromatic heterocycles. The van der Waals surface area contributed by atoms with Crippen molar-refractivity contribution in [2.24, 2.45) is 0 Å². The van der Waals surface area contributed by atoms with E-state index in [1.165, 1.54) is 6.20 Å². The molecule has 0 spiro atoms. The first-order chi connectivity index (χ1) is 11.6. The Morgan fingerprint density at radius 1 is 1.25 bits per heavy atom. The van der Waals surface area contributed by atoms with Gasteiger partial charge in [-0.2, -0.15) is 0 Å². The van der Waals surface area contributed by atoms with Crippen LogP contribution in [0.1, 0.15) is 27.3 Å². The van der Waals surface area contributed by atoms with Crippen LogP contribution >= 0.6 is 0 Å². The van der Waals surface area contributed by atoms with Gasteiger partial charge in [0, 0.05) is 23.5 Å². The van der Waals surface area contributed by atoms with Crippen molar-refractivity contribution >= 4 is 5.91 Å². The minimum absolute atomic E-state index is 0.167. The molecule has 2 N–H and O–H groups in total. The number of H-pyrrole nitrogens is 1. The van der Waals surface area contributed by atoms with Gasteiger partial charge in [-0.15, -0.1) is 0 Å². The molecule has 2 heterocycles. The molecule has 1 amide bonds. The molecule has 122 valence electrons. The average molecular weight is 322 g/mol. The van der Waals surface area contributed by atoms with Crippen LogP contribution in [0, 0.1) is 13.8 Å². The van der Waals surface area contributed by atoms with Gasteiger partial charge < -0.3 is 10.3 Å². The number of hydrogen-bond acceptors (Lipinski definition) is 3. The quantitative estimate of drug-likeness (QED) is 0.772. The number of aromatic amines is 1. The summed E-state index contributed by atoms with van der Waals surface area (Å²) in [5.41, 5.74) is 3.30. The van der Waals surface area contributed by atoms with E-state index in [9.17, 15) is 9.59 Å². The molecule has 6 heteroatoms. The van der Waals surface area contributed by atoms with E-state index in [0.29, 0.717) is 11.3 Å². The lowest BCUT2D eigenvalue weighted by Crippen LogP contribution is -2.29. The number of para-hydroxylation sites is 1. The van der Waals surface area contributed by atoms with Crippen LogP contribution < -0.4 is 10.9 Å². The van der Waals surface area contributed by atoms with Crippen molar-refractivity contribution in [3.05, 3.63) is 81.8 Å². The molecule has 0 fully saturated rings. The second kappa shape index (κ2) is 6.54. The third kappa shape index (κ3) is 3.12. The Hall–Kier alpha value is -3.15. The van der Waals surface area contributed by atoms with Crippen LogP contribution in [0.15, 0.2) is 53.7 Å². The lowest BCUT2D eigenvalue weighted by atomic mass is 10.1. The highest BCUT2D eigenvalue weighted by molar-refractivity contribution is 5.92. The molecule has 0 aliphatic carbocycles. The van der Waals surface area contributed by atoms with Crippen LogP contribution in [-0.4, -0.2) is 20.4 Å². The lowest BCUT2D eigenvalue weighted by Gasteiger charge is -2.10. The molecule has 6 nitrogen and oxygen atoms in total. The monoisotopic (exact) mass is 322 g/mol. The summed E-state index contributed by atoms with van der Waals surface area (Å²) in [7, 11) is 0. The number of carbonyl (C=O) groups excluding carboxylic acids is 1. The Kier molecular flexibility index (Phi) is 4.29. The third-order valence-corrected chi connectivity index (χ3v) is 3.83. The first-order valence-corrected chi connectivity index (χ1v) is 7.61. The second-order valence-corrected chi connectivity index (χ2v) is 5.61. The van der Waals surface area contributed by atoms with Gasteiger partial charge in [-0.3, -0.25) is 14.2 Å². The molecular formula is C18H18N4O2.